The molecular weight excluding hydrogens is 228 g/mol. The van der Waals surface area contributed by atoms with E-state index >= 15 is 0 Å². The highest BCUT2D eigenvalue weighted by molar-refractivity contribution is 5.85. The van der Waals surface area contributed by atoms with E-state index < -0.39 is 6.10 Å². The van der Waals surface area contributed by atoms with Gasteiger partial charge in [0, 0.05) is 19.6 Å². The van der Waals surface area contributed by atoms with Gasteiger partial charge in [0.2, 0.25) is 5.91 Å². The monoisotopic (exact) mass is 246 g/mol. The van der Waals surface area contributed by atoms with Gasteiger partial charge >= 0.3 is 0 Å². The fourth-order valence-corrected chi connectivity index (χ4v) is 1.69. The van der Waals surface area contributed by atoms with Gasteiger partial charge in [-0.2, -0.15) is 0 Å². The number of hydrogen-bond acceptors (Lipinski definition) is 3. The molecule has 1 aliphatic heterocycles. The van der Waals surface area contributed by atoms with Crippen LogP contribution in [0.2, 0.25) is 0 Å². The van der Waals surface area contributed by atoms with Crippen molar-refractivity contribution in [3.05, 3.63) is 25.3 Å². The molecule has 1 fully saturated rings. The van der Waals surface area contributed by atoms with Crippen LogP contribution in [0.5, 0.6) is 0 Å². The van der Waals surface area contributed by atoms with Crippen molar-refractivity contribution in [3.8, 4) is 0 Å². The standard InChI is InChI=1S/C11H18N2O2.ClH/c1-3-5-13(6-4-2)11(15)10-7-9(14)8-12-10;/h3-4,9-10,12,14H,1-2,5-8H2;1H/t9-,10-;/m1./s1. The Labute approximate surface area is 102 Å². The van der Waals surface area contributed by atoms with E-state index in [0.717, 1.165) is 0 Å². The molecule has 0 radical (unpaired) electrons. The molecule has 0 aliphatic carbocycles. The van der Waals surface area contributed by atoms with Crippen molar-refractivity contribution < 1.29 is 9.90 Å². The van der Waals surface area contributed by atoms with Crippen molar-refractivity contribution in [1.82, 2.24) is 10.2 Å². The second-order valence-corrected chi connectivity index (χ2v) is 3.67. The van der Waals surface area contributed by atoms with E-state index in [1.165, 1.54) is 0 Å². The number of amides is 1. The topological polar surface area (TPSA) is 52.6 Å². The Bertz CT molecular complexity index is 248. The lowest BCUT2D eigenvalue weighted by Gasteiger charge is -2.22. The maximum Gasteiger partial charge on any atom is 0.240 e. The minimum atomic E-state index is -0.409. The van der Waals surface area contributed by atoms with E-state index in [9.17, 15) is 9.90 Å². The van der Waals surface area contributed by atoms with Crippen molar-refractivity contribution in [2.45, 2.75) is 18.6 Å². The largest absolute Gasteiger partial charge is 0.392 e. The average molecular weight is 247 g/mol. The third kappa shape index (κ3) is 3.96. The molecule has 0 unspecified atom stereocenters. The number of carbonyl (C=O) groups is 1. The van der Waals surface area contributed by atoms with Crippen molar-refractivity contribution >= 4 is 18.3 Å². The van der Waals surface area contributed by atoms with Gasteiger partial charge < -0.3 is 15.3 Å². The lowest BCUT2D eigenvalue weighted by atomic mass is 10.2. The number of β-amino-alcohol motifs (C(OH)–C–C–N with tert-alkyl or cyclic N) is 1. The van der Waals surface area contributed by atoms with E-state index in [-0.39, 0.29) is 24.4 Å². The van der Waals surface area contributed by atoms with Crippen molar-refractivity contribution in [2.24, 2.45) is 0 Å². The van der Waals surface area contributed by atoms with Crippen molar-refractivity contribution in [1.29, 1.82) is 0 Å². The number of rotatable bonds is 5. The highest BCUT2D eigenvalue weighted by Crippen LogP contribution is 2.09. The van der Waals surface area contributed by atoms with E-state index in [1.807, 2.05) is 0 Å². The number of halogens is 1. The minimum Gasteiger partial charge on any atom is -0.392 e. The zero-order valence-electron chi connectivity index (χ0n) is 9.26. The number of aliphatic hydroxyl groups is 1. The predicted octanol–water partition coefficient (Wildman–Crippen LogP) is 0.332. The molecule has 0 saturated carbocycles. The van der Waals surface area contributed by atoms with Crippen LogP contribution in [0.25, 0.3) is 0 Å². The van der Waals surface area contributed by atoms with Crippen LogP contribution in [0.1, 0.15) is 6.42 Å². The molecule has 0 aromatic heterocycles. The van der Waals surface area contributed by atoms with Crippen LogP contribution in [0.4, 0.5) is 0 Å². The molecule has 2 atom stereocenters. The molecule has 0 spiro atoms. The van der Waals surface area contributed by atoms with Gasteiger partial charge in [0.25, 0.3) is 0 Å². The first-order valence-electron chi connectivity index (χ1n) is 5.11. The van der Waals surface area contributed by atoms with Crippen molar-refractivity contribution in [2.75, 3.05) is 19.6 Å². The zero-order chi connectivity index (χ0) is 11.3. The SMILES string of the molecule is C=CCN(CC=C)C(=O)[C@H]1C[C@@H](O)CN1.Cl. The molecule has 0 aromatic rings. The summed E-state index contributed by atoms with van der Waals surface area (Å²) in [6.45, 7) is 8.74. The molecule has 4 nitrogen and oxygen atoms in total. The van der Waals surface area contributed by atoms with Crippen molar-refractivity contribution in [3.63, 3.8) is 0 Å². The molecule has 1 heterocycles. The van der Waals surface area contributed by atoms with Crippen LogP contribution >= 0.6 is 12.4 Å². The number of aliphatic hydroxyl groups excluding tert-OH is 1. The van der Waals surface area contributed by atoms with E-state index in [4.69, 9.17) is 0 Å². The molecule has 0 bridgehead atoms. The van der Waals surface area contributed by atoms with Crippen LogP contribution < -0.4 is 5.32 Å². The summed E-state index contributed by atoms with van der Waals surface area (Å²) in [5.74, 6) is 0.00588. The molecule has 0 aromatic carbocycles. The molecule has 1 saturated heterocycles. The van der Waals surface area contributed by atoms with Crippen LogP contribution in [0.3, 0.4) is 0 Å². The zero-order valence-corrected chi connectivity index (χ0v) is 10.1. The van der Waals surface area contributed by atoms with Gasteiger partial charge in [0.15, 0.2) is 0 Å². The van der Waals surface area contributed by atoms with E-state index in [2.05, 4.69) is 18.5 Å². The van der Waals surface area contributed by atoms with Gasteiger partial charge in [0.1, 0.15) is 0 Å². The maximum atomic E-state index is 11.9. The summed E-state index contributed by atoms with van der Waals surface area (Å²) in [7, 11) is 0. The molecule has 1 aliphatic rings. The first-order chi connectivity index (χ1) is 7.19. The van der Waals surface area contributed by atoms with E-state index in [0.29, 0.717) is 26.1 Å². The molecule has 92 valence electrons. The lowest BCUT2D eigenvalue weighted by molar-refractivity contribution is -0.132. The van der Waals surface area contributed by atoms with Gasteiger partial charge in [-0.1, -0.05) is 12.2 Å². The van der Waals surface area contributed by atoms with Gasteiger partial charge in [0.05, 0.1) is 12.1 Å². The quantitative estimate of drug-likeness (QED) is 0.688. The molecule has 16 heavy (non-hydrogen) atoms. The highest BCUT2D eigenvalue weighted by Gasteiger charge is 2.30. The average Bonchev–Trinajstić information content (AvgIpc) is 2.63. The number of nitrogens with one attached hydrogen (secondary N) is 1. The Balaban J connectivity index is 0.00000225. The minimum absolute atomic E-state index is 0. The fourth-order valence-electron chi connectivity index (χ4n) is 1.69. The summed E-state index contributed by atoms with van der Waals surface area (Å²) in [4.78, 5) is 13.6. The van der Waals surface area contributed by atoms with Gasteiger partial charge in [-0.3, -0.25) is 4.79 Å². The first kappa shape index (κ1) is 15.2. The summed E-state index contributed by atoms with van der Waals surface area (Å²) in [5, 5.41) is 12.3. The van der Waals surface area contributed by atoms with Crippen LogP contribution in [0.15, 0.2) is 25.3 Å². The van der Waals surface area contributed by atoms with Crippen LogP contribution in [-0.4, -0.2) is 47.7 Å². The smallest absolute Gasteiger partial charge is 0.240 e. The molecule has 1 amide bonds. The fraction of sp³-hybridized carbons (Fsp3) is 0.545. The van der Waals surface area contributed by atoms with Gasteiger partial charge in [-0.15, -0.1) is 25.6 Å². The molecule has 1 rings (SSSR count). The summed E-state index contributed by atoms with van der Waals surface area (Å²) in [6.07, 6.45) is 3.46. The van der Waals surface area contributed by atoms with E-state index in [1.54, 1.807) is 17.1 Å². The third-order valence-electron chi connectivity index (χ3n) is 2.42. The lowest BCUT2D eigenvalue weighted by Crippen LogP contribution is -2.43. The molecular formula is C11H19ClN2O2. The number of carbonyl (C=O) groups excluding carboxylic acids is 1. The Hall–Kier alpha value is -0.840. The van der Waals surface area contributed by atoms with Gasteiger partial charge in [-0.25, -0.2) is 0 Å². The summed E-state index contributed by atoms with van der Waals surface area (Å²) < 4.78 is 0. The Morgan fingerprint density at radius 3 is 2.38 bits per heavy atom. The first-order valence-corrected chi connectivity index (χ1v) is 5.11. The summed E-state index contributed by atoms with van der Waals surface area (Å²) >= 11 is 0. The molecule has 2 N–H and O–H groups in total. The Morgan fingerprint density at radius 2 is 2.00 bits per heavy atom. The van der Waals surface area contributed by atoms with Crippen LogP contribution in [-0.2, 0) is 4.79 Å². The normalized spacial score (nSPS) is 23.3. The van der Waals surface area contributed by atoms with Gasteiger partial charge in [-0.05, 0) is 6.42 Å². The number of hydrogen-bond donors (Lipinski definition) is 2. The summed E-state index contributed by atoms with van der Waals surface area (Å²) in [5.41, 5.74) is 0. The molecule has 5 heteroatoms. The van der Waals surface area contributed by atoms with Crippen LogP contribution in [0, 0.1) is 0 Å². The highest BCUT2D eigenvalue weighted by atomic mass is 35.5. The third-order valence-corrected chi connectivity index (χ3v) is 2.42. The Morgan fingerprint density at radius 1 is 1.44 bits per heavy atom. The Kier molecular flexibility index (Phi) is 7.05. The number of nitrogens with zero attached hydrogens (tertiary/aromatic N) is 1. The predicted molar refractivity (Wildman–Crippen MR) is 66.6 cm³/mol. The second kappa shape index (κ2) is 7.44. The summed E-state index contributed by atoms with van der Waals surface area (Å²) in [6, 6.07) is -0.264. The maximum absolute atomic E-state index is 11.9. The second-order valence-electron chi connectivity index (χ2n) is 3.67.